The van der Waals surface area contributed by atoms with E-state index in [1.165, 1.54) is 0 Å². The van der Waals surface area contributed by atoms with Crippen LogP contribution in [0.15, 0.2) is 54.6 Å². The van der Waals surface area contributed by atoms with Gasteiger partial charge in [-0.15, -0.1) is 0 Å². The van der Waals surface area contributed by atoms with Crippen molar-refractivity contribution in [2.75, 3.05) is 20.2 Å². The molecule has 0 saturated carbocycles. The first-order chi connectivity index (χ1) is 15.5. The molecule has 0 unspecified atom stereocenters. The Bertz CT molecular complexity index is 954. The summed E-state index contributed by atoms with van der Waals surface area (Å²) in [7, 11) is 1.60. The largest absolute Gasteiger partial charge is 0.497 e. The monoisotopic (exact) mass is 435 g/mol. The Morgan fingerprint density at radius 1 is 1.16 bits per heavy atom. The minimum atomic E-state index is -0.411. The van der Waals surface area contributed by atoms with E-state index in [2.05, 4.69) is 31.3 Å². The Balaban J connectivity index is 1.53. The van der Waals surface area contributed by atoms with Gasteiger partial charge in [0.25, 0.3) is 5.91 Å². The highest BCUT2D eigenvalue weighted by molar-refractivity contribution is 5.94. The molecule has 170 valence electrons. The van der Waals surface area contributed by atoms with Crippen LogP contribution in [0.25, 0.3) is 0 Å². The number of carbonyl (C=O) groups is 2. The Morgan fingerprint density at radius 2 is 1.88 bits per heavy atom. The normalized spacial score (nSPS) is 21.1. The molecular weight excluding hydrogens is 402 g/mol. The molecule has 0 aliphatic carbocycles. The smallest absolute Gasteiger partial charge is 0.253 e. The number of amides is 2. The number of hydrogen-bond donors (Lipinski definition) is 1. The van der Waals surface area contributed by atoms with Gasteiger partial charge in [0.15, 0.2) is 0 Å². The topological polar surface area (TPSA) is 61.9 Å². The van der Waals surface area contributed by atoms with Crippen molar-refractivity contribution in [1.29, 1.82) is 0 Å². The molecule has 2 aliphatic rings. The van der Waals surface area contributed by atoms with Crippen molar-refractivity contribution in [3.05, 3.63) is 65.7 Å². The quantitative estimate of drug-likeness (QED) is 0.752. The Labute approximate surface area is 190 Å². The zero-order chi connectivity index (χ0) is 22.7. The van der Waals surface area contributed by atoms with E-state index in [0.29, 0.717) is 43.8 Å². The summed E-state index contributed by atoms with van der Waals surface area (Å²) < 4.78 is 5.27. The lowest BCUT2D eigenvalue weighted by Crippen LogP contribution is -2.59. The van der Waals surface area contributed by atoms with Gasteiger partial charge in [-0.2, -0.15) is 0 Å². The van der Waals surface area contributed by atoms with Crippen LogP contribution in [0.4, 0.5) is 0 Å². The van der Waals surface area contributed by atoms with Crippen LogP contribution < -0.4 is 10.1 Å². The minimum Gasteiger partial charge on any atom is -0.497 e. The van der Waals surface area contributed by atoms with Crippen molar-refractivity contribution in [2.24, 2.45) is 5.92 Å². The second kappa shape index (κ2) is 9.33. The maximum absolute atomic E-state index is 13.5. The van der Waals surface area contributed by atoms with Crippen LogP contribution in [0.1, 0.15) is 49.0 Å². The molecule has 1 spiro atoms. The number of methoxy groups -OCH3 is 1. The molecular formula is C26H33N3O3. The number of nitrogens with zero attached hydrogens (tertiary/aromatic N) is 2. The molecule has 0 radical (unpaired) electrons. The number of piperidine rings is 1. The number of ether oxygens (including phenoxy) is 1. The highest BCUT2D eigenvalue weighted by Gasteiger charge is 2.52. The predicted octanol–water partition coefficient (Wildman–Crippen LogP) is 3.67. The molecule has 2 atom stereocenters. The van der Waals surface area contributed by atoms with Gasteiger partial charge in [-0.3, -0.25) is 14.9 Å². The van der Waals surface area contributed by atoms with Gasteiger partial charge >= 0.3 is 0 Å². The van der Waals surface area contributed by atoms with E-state index in [1.807, 2.05) is 46.2 Å². The third-order valence-electron chi connectivity index (χ3n) is 7.06. The fraction of sp³-hybridized carbons (Fsp3) is 0.462. The van der Waals surface area contributed by atoms with Crippen LogP contribution in [0.3, 0.4) is 0 Å². The molecule has 2 heterocycles. The van der Waals surface area contributed by atoms with E-state index >= 15 is 0 Å². The average molecular weight is 436 g/mol. The molecule has 2 saturated heterocycles. The molecule has 2 aromatic carbocycles. The van der Waals surface area contributed by atoms with E-state index in [1.54, 1.807) is 13.2 Å². The predicted molar refractivity (Wildman–Crippen MR) is 124 cm³/mol. The summed E-state index contributed by atoms with van der Waals surface area (Å²) in [6, 6.07) is 17.3. The second-order valence-electron chi connectivity index (χ2n) is 8.97. The standard InChI is InChI=1S/C26H33N3O3/c1-4-19(2)23-25(31)29(18-20-9-6-5-7-10-20)26(27-23)13-15-28(16-14-26)24(30)21-11-8-12-22(17-21)32-3/h5-12,17,19,23,27H,4,13-16,18H2,1-3H3/t19-,23-/m1/s1. The average Bonchev–Trinajstić information content (AvgIpc) is 3.10. The summed E-state index contributed by atoms with van der Waals surface area (Å²) in [5, 5.41) is 3.71. The molecule has 6 nitrogen and oxygen atoms in total. The molecule has 4 rings (SSSR count). The summed E-state index contributed by atoms with van der Waals surface area (Å²) in [4.78, 5) is 30.5. The molecule has 2 aliphatic heterocycles. The second-order valence-corrected chi connectivity index (χ2v) is 8.97. The fourth-order valence-electron chi connectivity index (χ4n) is 4.86. The lowest BCUT2D eigenvalue weighted by Gasteiger charge is -2.45. The van der Waals surface area contributed by atoms with Gasteiger partial charge in [-0.05, 0) is 29.7 Å². The lowest BCUT2D eigenvalue weighted by molar-refractivity contribution is -0.134. The first kappa shape index (κ1) is 22.3. The van der Waals surface area contributed by atoms with Crippen molar-refractivity contribution in [3.63, 3.8) is 0 Å². The maximum atomic E-state index is 13.5. The molecule has 1 N–H and O–H groups in total. The first-order valence-corrected chi connectivity index (χ1v) is 11.5. The highest BCUT2D eigenvalue weighted by Crippen LogP contribution is 2.36. The van der Waals surface area contributed by atoms with E-state index < -0.39 is 5.66 Å². The maximum Gasteiger partial charge on any atom is 0.253 e. The molecule has 32 heavy (non-hydrogen) atoms. The lowest BCUT2D eigenvalue weighted by atomic mass is 9.94. The zero-order valence-electron chi connectivity index (χ0n) is 19.2. The number of likely N-dealkylation sites (tertiary alicyclic amines) is 1. The molecule has 6 heteroatoms. The molecule has 0 aromatic heterocycles. The third kappa shape index (κ3) is 4.24. The zero-order valence-corrected chi connectivity index (χ0v) is 19.2. The van der Waals surface area contributed by atoms with Crippen molar-refractivity contribution in [1.82, 2.24) is 15.1 Å². The highest BCUT2D eigenvalue weighted by atomic mass is 16.5. The summed E-state index contributed by atoms with van der Waals surface area (Å²) in [5.41, 5.74) is 1.35. The summed E-state index contributed by atoms with van der Waals surface area (Å²) >= 11 is 0. The van der Waals surface area contributed by atoms with E-state index in [9.17, 15) is 9.59 Å². The van der Waals surface area contributed by atoms with Crippen LogP contribution in [-0.4, -0.2) is 53.5 Å². The van der Waals surface area contributed by atoms with E-state index in [4.69, 9.17) is 4.74 Å². The third-order valence-corrected chi connectivity index (χ3v) is 7.06. The van der Waals surface area contributed by atoms with Crippen LogP contribution in [0.5, 0.6) is 5.75 Å². The summed E-state index contributed by atoms with van der Waals surface area (Å²) in [6.45, 7) is 6.06. The minimum absolute atomic E-state index is 0.0103. The molecule has 2 aromatic rings. The van der Waals surface area contributed by atoms with Crippen LogP contribution in [0, 0.1) is 5.92 Å². The van der Waals surface area contributed by atoms with Gasteiger partial charge in [0.05, 0.1) is 18.8 Å². The van der Waals surface area contributed by atoms with Crippen LogP contribution >= 0.6 is 0 Å². The molecule has 0 bridgehead atoms. The van der Waals surface area contributed by atoms with Crippen molar-refractivity contribution in [2.45, 2.75) is 51.4 Å². The van der Waals surface area contributed by atoms with Gasteiger partial charge in [-0.25, -0.2) is 0 Å². The van der Waals surface area contributed by atoms with Crippen LogP contribution in [-0.2, 0) is 11.3 Å². The number of rotatable bonds is 6. The van der Waals surface area contributed by atoms with Crippen molar-refractivity contribution >= 4 is 11.8 Å². The van der Waals surface area contributed by atoms with E-state index in [-0.39, 0.29) is 23.8 Å². The Hall–Kier alpha value is -2.86. The van der Waals surface area contributed by atoms with Gasteiger partial charge in [0, 0.05) is 38.0 Å². The summed E-state index contributed by atoms with van der Waals surface area (Å²) in [6.07, 6.45) is 2.38. The SMILES string of the molecule is CC[C@@H](C)[C@H]1NC2(CCN(C(=O)c3cccc(OC)c3)CC2)N(Cc2ccccc2)C1=O. The van der Waals surface area contributed by atoms with Crippen molar-refractivity contribution < 1.29 is 14.3 Å². The van der Waals surface area contributed by atoms with E-state index in [0.717, 1.165) is 12.0 Å². The number of nitrogens with one attached hydrogen (secondary N) is 1. The van der Waals surface area contributed by atoms with Gasteiger partial charge in [0.1, 0.15) is 5.75 Å². The van der Waals surface area contributed by atoms with Gasteiger partial charge < -0.3 is 14.5 Å². The number of carbonyl (C=O) groups excluding carboxylic acids is 2. The first-order valence-electron chi connectivity index (χ1n) is 11.5. The van der Waals surface area contributed by atoms with Gasteiger partial charge in [0.2, 0.25) is 5.91 Å². The van der Waals surface area contributed by atoms with Gasteiger partial charge in [-0.1, -0.05) is 56.7 Å². The Kier molecular flexibility index (Phi) is 6.51. The fourth-order valence-corrected chi connectivity index (χ4v) is 4.86. The van der Waals surface area contributed by atoms with Crippen molar-refractivity contribution in [3.8, 4) is 5.75 Å². The Morgan fingerprint density at radius 3 is 2.53 bits per heavy atom. The summed E-state index contributed by atoms with van der Waals surface area (Å²) in [5.74, 6) is 1.13. The molecule has 2 fully saturated rings. The number of benzene rings is 2. The van der Waals surface area contributed by atoms with Crippen LogP contribution in [0.2, 0.25) is 0 Å². The number of hydrogen-bond acceptors (Lipinski definition) is 4. The molecule has 2 amide bonds.